The molecule has 80 valence electrons. The van der Waals surface area contributed by atoms with Gasteiger partial charge in [0.1, 0.15) is 5.82 Å². The van der Waals surface area contributed by atoms with Crippen molar-refractivity contribution in [1.29, 1.82) is 0 Å². The maximum absolute atomic E-state index is 12.8. The predicted molar refractivity (Wildman–Crippen MR) is 52.7 cm³/mol. The van der Waals surface area contributed by atoms with Gasteiger partial charge in [-0.1, -0.05) is 15.9 Å². The summed E-state index contributed by atoms with van der Waals surface area (Å²) in [6.45, 7) is 0. The number of carboxylic acid groups (broad SMARTS) is 1. The van der Waals surface area contributed by atoms with Crippen LogP contribution in [0.4, 0.5) is 9.18 Å². The van der Waals surface area contributed by atoms with E-state index in [1.54, 1.807) is 5.43 Å². The van der Waals surface area contributed by atoms with Crippen LogP contribution in [-0.4, -0.2) is 17.1 Å². The molecule has 0 saturated carbocycles. The van der Waals surface area contributed by atoms with E-state index in [2.05, 4.69) is 15.9 Å². The molecule has 0 unspecified atom stereocenters. The Morgan fingerprint density at radius 1 is 1.27 bits per heavy atom. The van der Waals surface area contributed by atoms with Gasteiger partial charge in [-0.15, -0.1) is 0 Å². The minimum Gasteiger partial charge on any atom is -0.464 e. The first-order valence-corrected chi connectivity index (χ1v) is 4.53. The largest absolute Gasteiger partial charge is 0.464 e. The number of amides is 2. The third-order valence-electron chi connectivity index (χ3n) is 1.41. The van der Waals surface area contributed by atoms with Gasteiger partial charge in [0.15, 0.2) is 0 Å². The molecule has 1 rings (SSSR count). The quantitative estimate of drug-likeness (QED) is 0.681. The smallest absolute Gasteiger partial charge is 0.423 e. The number of hydrogen-bond donors (Lipinski definition) is 3. The molecule has 5 nitrogen and oxygen atoms in total. The Morgan fingerprint density at radius 2 is 1.93 bits per heavy atom. The van der Waals surface area contributed by atoms with E-state index in [1.165, 1.54) is 12.1 Å². The van der Waals surface area contributed by atoms with Crippen LogP contribution < -0.4 is 10.9 Å². The van der Waals surface area contributed by atoms with Gasteiger partial charge in [-0.05, 0) is 18.2 Å². The first kappa shape index (κ1) is 11.4. The van der Waals surface area contributed by atoms with Crippen molar-refractivity contribution >= 4 is 27.9 Å². The first-order valence-electron chi connectivity index (χ1n) is 3.74. The van der Waals surface area contributed by atoms with E-state index in [4.69, 9.17) is 5.11 Å². The zero-order valence-corrected chi connectivity index (χ0v) is 8.84. The molecule has 0 aromatic heterocycles. The third-order valence-corrected chi connectivity index (χ3v) is 1.87. The molecule has 0 aliphatic heterocycles. The highest BCUT2D eigenvalue weighted by Crippen LogP contribution is 2.14. The normalized spacial score (nSPS) is 9.47. The van der Waals surface area contributed by atoms with E-state index < -0.39 is 17.8 Å². The van der Waals surface area contributed by atoms with Gasteiger partial charge in [-0.25, -0.2) is 14.6 Å². The van der Waals surface area contributed by atoms with E-state index in [9.17, 15) is 14.0 Å². The van der Waals surface area contributed by atoms with Gasteiger partial charge in [0.2, 0.25) is 0 Å². The summed E-state index contributed by atoms with van der Waals surface area (Å²) in [5.74, 6) is -1.33. The van der Waals surface area contributed by atoms with Gasteiger partial charge in [0, 0.05) is 10.0 Å². The van der Waals surface area contributed by atoms with Crippen molar-refractivity contribution in [2.75, 3.05) is 0 Å². The number of benzene rings is 1. The number of rotatable bonds is 1. The van der Waals surface area contributed by atoms with Crippen molar-refractivity contribution in [3.63, 3.8) is 0 Å². The highest BCUT2D eigenvalue weighted by atomic mass is 79.9. The molecule has 0 aliphatic carbocycles. The number of nitrogens with one attached hydrogen (secondary N) is 2. The van der Waals surface area contributed by atoms with Crippen LogP contribution in [0.2, 0.25) is 0 Å². The molecule has 2 amide bonds. The molecule has 0 radical (unpaired) electrons. The van der Waals surface area contributed by atoms with Gasteiger partial charge < -0.3 is 5.11 Å². The average Bonchev–Trinajstić information content (AvgIpc) is 2.12. The lowest BCUT2D eigenvalue weighted by atomic mass is 10.2. The van der Waals surface area contributed by atoms with E-state index in [-0.39, 0.29) is 5.56 Å². The molecule has 7 heteroatoms. The van der Waals surface area contributed by atoms with Crippen LogP contribution in [0.3, 0.4) is 0 Å². The van der Waals surface area contributed by atoms with Crippen LogP contribution in [0.5, 0.6) is 0 Å². The van der Waals surface area contributed by atoms with Gasteiger partial charge >= 0.3 is 6.09 Å². The second-order valence-electron chi connectivity index (χ2n) is 2.54. The molecular weight excluding hydrogens is 271 g/mol. The van der Waals surface area contributed by atoms with Crippen LogP contribution in [0.15, 0.2) is 22.7 Å². The summed E-state index contributed by atoms with van der Waals surface area (Å²) >= 11 is 3.00. The highest BCUT2D eigenvalue weighted by Gasteiger charge is 2.08. The van der Waals surface area contributed by atoms with E-state index in [0.717, 1.165) is 6.07 Å². The monoisotopic (exact) mass is 276 g/mol. The Labute approximate surface area is 92.4 Å². The molecule has 3 N–H and O–H groups in total. The number of hydrazine groups is 1. The fourth-order valence-corrected chi connectivity index (χ4v) is 1.33. The van der Waals surface area contributed by atoms with E-state index >= 15 is 0 Å². The second kappa shape index (κ2) is 4.74. The molecule has 0 bridgehead atoms. The molecule has 0 spiro atoms. The number of carbonyl (C=O) groups excluding carboxylic acids is 1. The van der Waals surface area contributed by atoms with Gasteiger partial charge in [0.05, 0.1) is 0 Å². The third kappa shape index (κ3) is 3.55. The first-order chi connectivity index (χ1) is 6.99. The van der Waals surface area contributed by atoms with E-state index in [0.29, 0.717) is 4.47 Å². The fraction of sp³-hybridized carbons (Fsp3) is 0. The lowest BCUT2D eigenvalue weighted by Crippen LogP contribution is -2.40. The molecule has 0 atom stereocenters. The SMILES string of the molecule is O=C(O)NNC(=O)c1cc(F)cc(Br)c1. The summed E-state index contributed by atoms with van der Waals surface area (Å²) in [6, 6.07) is 3.53. The van der Waals surface area contributed by atoms with Crippen molar-refractivity contribution < 1.29 is 19.1 Å². The molecule has 0 saturated heterocycles. The molecule has 1 aromatic rings. The summed E-state index contributed by atoms with van der Waals surface area (Å²) in [5.41, 5.74) is 3.55. The average molecular weight is 277 g/mol. The maximum Gasteiger partial charge on any atom is 0.423 e. The van der Waals surface area contributed by atoms with Crippen molar-refractivity contribution in [1.82, 2.24) is 10.9 Å². The summed E-state index contributed by atoms with van der Waals surface area (Å²) in [5, 5.41) is 8.21. The highest BCUT2D eigenvalue weighted by molar-refractivity contribution is 9.10. The van der Waals surface area contributed by atoms with Crippen molar-refractivity contribution in [3.05, 3.63) is 34.1 Å². The number of carbonyl (C=O) groups is 2. The Bertz CT molecular complexity index is 391. The van der Waals surface area contributed by atoms with Crippen LogP contribution in [-0.2, 0) is 0 Å². The second-order valence-corrected chi connectivity index (χ2v) is 3.46. The van der Waals surface area contributed by atoms with Crippen LogP contribution in [0.25, 0.3) is 0 Å². The minimum absolute atomic E-state index is 0.00984. The minimum atomic E-state index is -1.40. The summed E-state index contributed by atoms with van der Waals surface area (Å²) in [6.07, 6.45) is -1.40. The maximum atomic E-state index is 12.8. The van der Waals surface area contributed by atoms with Crippen molar-refractivity contribution in [2.45, 2.75) is 0 Å². The molecule has 0 aliphatic rings. The molecule has 0 heterocycles. The number of halogens is 2. The van der Waals surface area contributed by atoms with Gasteiger partial charge in [0.25, 0.3) is 5.91 Å². The number of hydrogen-bond acceptors (Lipinski definition) is 2. The molecule has 15 heavy (non-hydrogen) atoms. The van der Waals surface area contributed by atoms with Crippen molar-refractivity contribution in [3.8, 4) is 0 Å². The van der Waals surface area contributed by atoms with Gasteiger partial charge in [-0.3, -0.25) is 10.2 Å². The van der Waals surface area contributed by atoms with Crippen LogP contribution in [0, 0.1) is 5.82 Å². The Morgan fingerprint density at radius 3 is 2.47 bits per heavy atom. The zero-order valence-electron chi connectivity index (χ0n) is 7.25. The van der Waals surface area contributed by atoms with Crippen LogP contribution in [0.1, 0.15) is 10.4 Å². The summed E-state index contributed by atoms with van der Waals surface area (Å²) in [7, 11) is 0. The molecule has 0 fully saturated rings. The Balaban J connectivity index is 2.77. The lowest BCUT2D eigenvalue weighted by Gasteiger charge is -2.04. The van der Waals surface area contributed by atoms with E-state index in [1.807, 2.05) is 5.43 Å². The fourth-order valence-electron chi connectivity index (χ4n) is 0.867. The Hall–Kier alpha value is -1.63. The Kier molecular flexibility index (Phi) is 3.62. The molecule has 1 aromatic carbocycles. The molecular formula is C8H6BrFN2O3. The predicted octanol–water partition coefficient (Wildman–Crippen LogP) is 1.50. The topological polar surface area (TPSA) is 78.4 Å². The summed E-state index contributed by atoms with van der Waals surface area (Å²) in [4.78, 5) is 21.3. The van der Waals surface area contributed by atoms with Crippen LogP contribution >= 0.6 is 15.9 Å². The lowest BCUT2D eigenvalue weighted by molar-refractivity contribution is 0.0926. The zero-order chi connectivity index (χ0) is 11.4. The summed E-state index contributed by atoms with van der Waals surface area (Å²) < 4.78 is 13.2. The van der Waals surface area contributed by atoms with Crippen molar-refractivity contribution in [2.24, 2.45) is 0 Å². The standard InChI is InChI=1S/C8H6BrFN2O3/c9-5-1-4(2-6(10)3-5)7(13)11-12-8(14)15/h1-3,12H,(H,11,13)(H,14,15). The van der Waals surface area contributed by atoms with Gasteiger partial charge in [-0.2, -0.15) is 0 Å².